The lowest BCUT2D eigenvalue weighted by Crippen LogP contribution is -2.36. The number of aliphatic hydroxyl groups excluding tert-OH is 1. The van der Waals surface area contributed by atoms with Crippen molar-refractivity contribution in [3.05, 3.63) is 64.8 Å². The number of hydrogen-bond donors (Lipinski definition) is 1. The number of aromatic nitrogens is 1. The van der Waals surface area contributed by atoms with E-state index in [2.05, 4.69) is 34.1 Å². The fraction of sp³-hybridized carbons (Fsp3) is 0.440. The Morgan fingerprint density at radius 2 is 2.10 bits per heavy atom. The van der Waals surface area contributed by atoms with Gasteiger partial charge in [-0.25, -0.2) is 0 Å². The number of aliphatic hydroxyl groups is 1. The van der Waals surface area contributed by atoms with Crippen LogP contribution in [0.25, 0.3) is 10.1 Å². The van der Waals surface area contributed by atoms with Gasteiger partial charge in [-0.1, -0.05) is 37.1 Å². The minimum atomic E-state index is -0.0238. The third-order valence-electron chi connectivity index (χ3n) is 6.22. The predicted molar refractivity (Wildman–Crippen MR) is 126 cm³/mol. The van der Waals surface area contributed by atoms with Crippen LogP contribution in [-0.2, 0) is 13.0 Å². The van der Waals surface area contributed by atoms with Gasteiger partial charge in [0.25, 0.3) is 5.91 Å². The third-order valence-corrected chi connectivity index (χ3v) is 7.42. The molecule has 1 N–H and O–H groups in total. The molecule has 5 nitrogen and oxygen atoms in total. The molecule has 0 saturated carbocycles. The van der Waals surface area contributed by atoms with Crippen LogP contribution in [0.3, 0.4) is 0 Å². The first-order chi connectivity index (χ1) is 15.2. The largest absolute Gasteiger partial charge is 0.395 e. The lowest BCUT2D eigenvalue weighted by atomic mass is 9.97. The smallest absolute Gasteiger partial charge is 0.264 e. The van der Waals surface area contributed by atoms with E-state index in [0.717, 1.165) is 35.5 Å². The van der Waals surface area contributed by atoms with Crippen molar-refractivity contribution in [1.82, 2.24) is 14.8 Å². The monoisotopic (exact) mass is 437 g/mol. The van der Waals surface area contributed by atoms with Crippen molar-refractivity contribution in [2.24, 2.45) is 0 Å². The Morgan fingerprint density at radius 3 is 2.90 bits per heavy atom. The zero-order valence-electron chi connectivity index (χ0n) is 18.2. The van der Waals surface area contributed by atoms with E-state index in [1.165, 1.54) is 35.8 Å². The number of benzene rings is 1. The van der Waals surface area contributed by atoms with Crippen LogP contribution in [0.2, 0.25) is 0 Å². The zero-order valence-corrected chi connectivity index (χ0v) is 19.0. The molecule has 3 heterocycles. The first-order valence-electron chi connectivity index (χ1n) is 11.2. The summed E-state index contributed by atoms with van der Waals surface area (Å²) in [6, 6.07) is 12.9. The van der Waals surface area contributed by atoms with Crippen molar-refractivity contribution in [2.45, 2.75) is 44.7 Å². The van der Waals surface area contributed by atoms with E-state index in [4.69, 9.17) is 0 Å². The molecule has 1 aromatic carbocycles. The Labute approximate surface area is 188 Å². The van der Waals surface area contributed by atoms with Crippen molar-refractivity contribution in [2.75, 3.05) is 26.7 Å². The molecule has 0 spiro atoms. The highest BCUT2D eigenvalue weighted by atomic mass is 32.1. The van der Waals surface area contributed by atoms with Crippen LogP contribution in [0, 0.1) is 0 Å². The Kier molecular flexibility index (Phi) is 7.33. The molecule has 1 atom stereocenters. The normalized spacial score (nSPS) is 17.5. The van der Waals surface area contributed by atoms with Crippen LogP contribution in [0.5, 0.6) is 0 Å². The van der Waals surface area contributed by atoms with Crippen LogP contribution in [0.15, 0.2) is 48.8 Å². The molecule has 1 saturated heterocycles. The lowest BCUT2D eigenvalue weighted by molar-refractivity contribution is 0.0770. The average molecular weight is 438 g/mol. The van der Waals surface area contributed by atoms with E-state index in [1.54, 1.807) is 23.3 Å². The minimum absolute atomic E-state index is 0.0117. The van der Waals surface area contributed by atoms with Crippen molar-refractivity contribution in [3.63, 3.8) is 0 Å². The molecule has 6 heteroatoms. The summed E-state index contributed by atoms with van der Waals surface area (Å²) < 4.78 is 1.16. The van der Waals surface area contributed by atoms with Crippen LogP contribution < -0.4 is 0 Å². The first-order valence-corrected chi connectivity index (χ1v) is 12.0. The standard InChI is InChI=1S/C25H31N3O2S/c1-27(14-15-29)25(30)24-22(21-10-4-5-11-23(21)31-24)16-20-9-3-2-6-13-28(20)18-19-8-7-12-26-17-19/h4-5,7-8,10-12,17,20,29H,2-3,6,9,13-16,18H2,1H3/t20-/m0/s1. The molecule has 1 aliphatic heterocycles. The number of nitrogens with zero attached hydrogens (tertiary/aromatic N) is 3. The summed E-state index contributed by atoms with van der Waals surface area (Å²) in [5.74, 6) is 0.0117. The predicted octanol–water partition coefficient (Wildman–Crippen LogP) is 4.35. The number of carbonyl (C=O) groups excluding carboxylic acids is 1. The molecule has 0 aliphatic carbocycles. The molecule has 1 fully saturated rings. The fourth-order valence-electron chi connectivity index (χ4n) is 4.54. The van der Waals surface area contributed by atoms with Gasteiger partial charge in [-0.05, 0) is 54.5 Å². The second-order valence-corrected chi connectivity index (χ2v) is 9.45. The summed E-state index contributed by atoms with van der Waals surface area (Å²) in [5, 5.41) is 10.5. The molecule has 1 aliphatic rings. The summed E-state index contributed by atoms with van der Waals surface area (Å²) >= 11 is 1.58. The van der Waals surface area contributed by atoms with Crippen molar-refractivity contribution in [1.29, 1.82) is 0 Å². The van der Waals surface area contributed by atoms with Gasteiger partial charge in [0.2, 0.25) is 0 Å². The average Bonchev–Trinajstić information content (AvgIpc) is 3.01. The zero-order chi connectivity index (χ0) is 21.6. The molecule has 3 aromatic rings. The van der Waals surface area contributed by atoms with E-state index in [-0.39, 0.29) is 12.5 Å². The number of amides is 1. The molecular weight excluding hydrogens is 406 g/mol. The van der Waals surface area contributed by atoms with Gasteiger partial charge in [0, 0.05) is 43.3 Å². The van der Waals surface area contributed by atoms with Crippen LogP contribution in [0.4, 0.5) is 0 Å². The van der Waals surface area contributed by atoms with Crippen molar-refractivity contribution < 1.29 is 9.90 Å². The topological polar surface area (TPSA) is 56.7 Å². The van der Waals surface area contributed by atoms with Gasteiger partial charge in [0.05, 0.1) is 11.5 Å². The molecule has 2 aromatic heterocycles. The van der Waals surface area contributed by atoms with E-state index >= 15 is 0 Å². The molecule has 0 unspecified atom stereocenters. The third kappa shape index (κ3) is 5.14. The number of thiophene rings is 1. The number of likely N-dealkylation sites (N-methyl/N-ethyl adjacent to an activating group) is 1. The number of pyridine rings is 1. The number of fused-ring (bicyclic) bond motifs is 1. The highest BCUT2D eigenvalue weighted by Gasteiger charge is 2.27. The number of carbonyl (C=O) groups is 1. The van der Waals surface area contributed by atoms with E-state index in [9.17, 15) is 9.90 Å². The van der Waals surface area contributed by atoms with Crippen LogP contribution in [-0.4, -0.2) is 58.6 Å². The number of likely N-dealkylation sites (tertiary alicyclic amines) is 1. The lowest BCUT2D eigenvalue weighted by Gasteiger charge is -2.30. The Balaban J connectivity index is 1.66. The first kappa shape index (κ1) is 21.9. The highest BCUT2D eigenvalue weighted by Crippen LogP contribution is 2.35. The molecule has 0 bridgehead atoms. The Bertz CT molecular complexity index is 1000. The van der Waals surface area contributed by atoms with Crippen molar-refractivity contribution in [3.8, 4) is 0 Å². The second-order valence-electron chi connectivity index (χ2n) is 8.40. The van der Waals surface area contributed by atoms with Gasteiger partial charge in [-0.3, -0.25) is 14.7 Å². The van der Waals surface area contributed by atoms with E-state index in [0.29, 0.717) is 12.6 Å². The minimum Gasteiger partial charge on any atom is -0.395 e. The molecule has 164 valence electrons. The van der Waals surface area contributed by atoms with Crippen LogP contribution >= 0.6 is 11.3 Å². The van der Waals surface area contributed by atoms with Gasteiger partial charge in [0.15, 0.2) is 0 Å². The fourth-order valence-corrected chi connectivity index (χ4v) is 5.76. The van der Waals surface area contributed by atoms with Crippen molar-refractivity contribution >= 4 is 27.3 Å². The summed E-state index contributed by atoms with van der Waals surface area (Å²) in [4.78, 5) is 22.5. The van der Waals surface area contributed by atoms with E-state index in [1.807, 2.05) is 24.5 Å². The molecule has 1 amide bonds. The van der Waals surface area contributed by atoms with Gasteiger partial charge in [-0.2, -0.15) is 0 Å². The van der Waals surface area contributed by atoms with Gasteiger partial charge < -0.3 is 10.0 Å². The summed E-state index contributed by atoms with van der Waals surface area (Å²) in [6.07, 6.45) is 9.50. The summed E-state index contributed by atoms with van der Waals surface area (Å²) in [6.45, 7) is 2.30. The maximum atomic E-state index is 13.2. The molecule has 4 rings (SSSR count). The SMILES string of the molecule is CN(CCO)C(=O)c1sc2ccccc2c1C[C@@H]1CCCCCN1Cc1cccnc1. The summed E-state index contributed by atoms with van der Waals surface area (Å²) in [5.41, 5.74) is 2.40. The van der Waals surface area contributed by atoms with Gasteiger partial charge in [-0.15, -0.1) is 11.3 Å². The molecular formula is C25H31N3O2S. The van der Waals surface area contributed by atoms with E-state index < -0.39 is 0 Å². The maximum absolute atomic E-state index is 13.2. The second kappa shape index (κ2) is 10.4. The number of rotatable bonds is 7. The molecule has 0 radical (unpaired) electrons. The van der Waals surface area contributed by atoms with Gasteiger partial charge >= 0.3 is 0 Å². The number of hydrogen-bond acceptors (Lipinski definition) is 5. The highest BCUT2D eigenvalue weighted by molar-refractivity contribution is 7.21. The molecule has 31 heavy (non-hydrogen) atoms. The van der Waals surface area contributed by atoms with Gasteiger partial charge in [0.1, 0.15) is 0 Å². The Morgan fingerprint density at radius 1 is 1.23 bits per heavy atom. The quantitative estimate of drug-likeness (QED) is 0.597. The Hall–Kier alpha value is -2.28. The van der Waals surface area contributed by atoms with Crippen LogP contribution in [0.1, 0.15) is 46.5 Å². The maximum Gasteiger partial charge on any atom is 0.264 e. The summed E-state index contributed by atoms with van der Waals surface area (Å²) in [7, 11) is 1.77.